The van der Waals surface area contributed by atoms with Crippen molar-refractivity contribution in [3.05, 3.63) is 41.6 Å². The first-order chi connectivity index (χ1) is 13.1. The average Bonchev–Trinajstić information content (AvgIpc) is 2.57. The Hall–Kier alpha value is -2.14. The third-order valence-corrected chi connectivity index (χ3v) is 4.99. The van der Waals surface area contributed by atoms with Crippen LogP contribution in [0.5, 0.6) is 0 Å². The molecular weight excluding hydrogens is 352 g/mol. The summed E-state index contributed by atoms with van der Waals surface area (Å²) < 4.78 is 11.6. The molecule has 1 aromatic heterocycles. The highest BCUT2D eigenvalue weighted by Crippen LogP contribution is 2.27. The quantitative estimate of drug-likeness (QED) is 0.726. The lowest BCUT2D eigenvalue weighted by Gasteiger charge is -2.39. The molecule has 2 heterocycles. The summed E-state index contributed by atoms with van der Waals surface area (Å²) in [6.45, 7) is 12.4. The summed E-state index contributed by atoms with van der Waals surface area (Å²) in [6.07, 6.45) is 1.63. The van der Waals surface area contributed by atoms with Crippen molar-refractivity contribution in [1.29, 1.82) is 0 Å². The molecule has 0 saturated carbocycles. The molecule has 0 spiro atoms. The number of aryl methyl sites for hydroxylation is 1. The molecule has 5 heteroatoms. The number of hydrogen-bond acceptors (Lipinski definition) is 4. The molecule has 0 bridgehead atoms. The van der Waals surface area contributed by atoms with E-state index in [0.29, 0.717) is 6.54 Å². The van der Waals surface area contributed by atoms with Crippen molar-refractivity contribution in [3.8, 4) is 0 Å². The zero-order chi connectivity index (χ0) is 20.5. The Bertz CT molecular complexity index is 833. The molecule has 2 atom stereocenters. The largest absolute Gasteiger partial charge is 0.444 e. The normalized spacial score (nSPS) is 22.9. The molecule has 1 aromatic carbocycles. The fraction of sp³-hybridized carbons (Fsp3) is 0.565. The highest BCUT2D eigenvalue weighted by molar-refractivity contribution is 5.79. The molecule has 1 amide bonds. The van der Waals surface area contributed by atoms with Crippen LogP contribution in [0.25, 0.3) is 10.9 Å². The molecular formula is C23H32N2O3. The molecule has 152 valence electrons. The molecule has 1 fully saturated rings. The second-order valence-corrected chi connectivity index (χ2v) is 8.97. The molecule has 5 nitrogen and oxygen atoms in total. The first-order valence-electron chi connectivity index (χ1n) is 10.1. The van der Waals surface area contributed by atoms with Gasteiger partial charge in [-0.05, 0) is 78.1 Å². The summed E-state index contributed by atoms with van der Waals surface area (Å²) in [7, 11) is 0. The number of benzene rings is 1. The summed E-state index contributed by atoms with van der Waals surface area (Å²) in [5.41, 5.74) is 2.53. The van der Waals surface area contributed by atoms with Gasteiger partial charge in [0.2, 0.25) is 0 Å². The van der Waals surface area contributed by atoms with Gasteiger partial charge in [-0.3, -0.25) is 4.98 Å². The van der Waals surface area contributed by atoms with E-state index in [1.807, 2.05) is 44.7 Å². The smallest absolute Gasteiger partial charge is 0.410 e. The minimum atomic E-state index is -0.525. The van der Waals surface area contributed by atoms with Gasteiger partial charge in [-0.2, -0.15) is 0 Å². The van der Waals surface area contributed by atoms with E-state index in [1.165, 1.54) is 0 Å². The maximum absolute atomic E-state index is 13.0. The minimum Gasteiger partial charge on any atom is -0.444 e. The Morgan fingerprint density at radius 1 is 1.18 bits per heavy atom. The van der Waals surface area contributed by atoms with E-state index < -0.39 is 5.60 Å². The van der Waals surface area contributed by atoms with Crippen LogP contribution in [0.1, 0.15) is 58.7 Å². The maximum Gasteiger partial charge on any atom is 0.410 e. The van der Waals surface area contributed by atoms with Crippen molar-refractivity contribution in [2.24, 2.45) is 0 Å². The Morgan fingerprint density at radius 3 is 2.50 bits per heavy atom. The topological polar surface area (TPSA) is 51.7 Å². The van der Waals surface area contributed by atoms with Gasteiger partial charge in [-0.25, -0.2) is 4.79 Å². The highest BCUT2D eigenvalue weighted by atomic mass is 16.6. The zero-order valence-corrected chi connectivity index (χ0v) is 17.9. The number of rotatable bonds is 3. The van der Waals surface area contributed by atoms with Crippen molar-refractivity contribution in [2.45, 2.75) is 84.8 Å². The molecule has 1 aliphatic heterocycles. The van der Waals surface area contributed by atoms with Crippen LogP contribution in [0.15, 0.2) is 30.3 Å². The Balaban J connectivity index is 1.87. The van der Waals surface area contributed by atoms with Crippen molar-refractivity contribution in [2.75, 3.05) is 0 Å². The Morgan fingerprint density at radius 2 is 1.86 bits per heavy atom. The van der Waals surface area contributed by atoms with E-state index in [2.05, 4.69) is 37.0 Å². The summed E-state index contributed by atoms with van der Waals surface area (Å²) >= 11 is 0. The van der Waals surface area contributed by atoms with Crippen LogP contribution < -0.4 is 0 Å². The number of hydrogen-bond donors (Lipinski definition) is 0. The van der Waals surface area contributed by atoms with Crippen molar-refractivity contribution < 1.29 is 14.3 Å². The molecule has 28 heavy (non-hydrogen) atoms. The number of aromatic nitrogens is 1. The van der Waals surface area contributed by atoms with Crippen LogP contribution in [0.4, 0.5) is 4.79 Å². The summed E-state index contributed by atoms with van der Waals surface area (Å²) in [6, 6.07) is 10.4. The monoisotopic (exact) mass is 384 g/mol. The lowest BCUT2D eigenvalue weighted by atomic mass is 9.97. The number of pyridine rings is 1. The zero-order valence-electron chi connectivity index (χ0n) is 17.9. The van der Waals surface area contributed by atoms with E-state index >= 15 is 0 Å². The van der Waals surface area contributed by atoms with Crippen LogP contribution in [0.3, 0.4) is 0 Å². The average molecular weight is 385 g/mol. The molecule has 0 radical (unpaired) electrons. The number of carbonyl (C=O) groups is 1. The van der Waals surface area contributed by atoms with Gasteiger partial charge in [0.25, 0.3) is 0 Å². The van der Waals surface area contributed by atoms with E-state index in [9.17, 15) is 4.79 Å². The van der Waals surface area contributed by atoms with Gasteiger partial charge in [0.1, 0.15) is 5.60 Å². The first-order valence-corrected chi connectivity index (χ1v) is 10.1. The van der Waals surface area contributed by atoms with Crippen molar-refractivity contribution >= 4 is 17.0 Å². The second-order valence-electron chi connectivity index (χ2n) is 8.97. The fourth-order valence-corrected chi connectivity index (χ4v) is 3.86. The number of ether oxygens (including phenoxy) is 2. The third kappa shape index (κ3) is 5.22. The van der Waals surface area contributed by atoms with Gasteiger partial charge in [0.05, 0.1) is 17.7 Å². The van der Waals surface area contributed by atoms with Crippen LogP contribution in [0, 0.1) is 6.92 Å². The molecule has 2 aromatic rings. The first kappa shape index (κ1) is 20.6. The van der Waals surface area contributed by atoms with Gasteiger partial charge >= 0.3 is 6.09 Å². The molecule has 0 N–H and O–H groups in total. The molecule has 1 aliphatic rings. The van der Waals surface area contributed by atoms with Crippen LogP contribution in [-0.4, -0.2) is 39.8 Å². The van der Waals surface area contributed by atoms with Crippen molar-refractivity contribution in [3.63, 3.8) is 0 Å². The van der Waals surface area contributed by atoms with Crippen LogP contribution in [-0.2, 0) is 16.0 Å². The van der Waals surface area contributed by atoms with Crippen LogP contribution >= 0.6 is 0 Å². The number of fused-ring (bicyclic) bond motifs is 1. The fourth-order valence-electron chi connectivity index (χ4n) is 3.86. The Kier molecular flexibility index (Phi) is 5.94. The second kappa shape index (κ2) is 8.08. The van der Waals surface area contributed by atoms with E-state index in [-0.39, 0.29) is 24.3 Å². The van der Waals surface area contributed by atoms with Gasteiger partial charge in [-0.15, -0.1) is 0 Å². The van der Waals surface area contributed by atoms with E-state index in [0.717, 1.165) is 35.0 Å². The Labute approximate surface area is 168 Å². The molecule has 0 aliphatic carbocycles. The van der Waals surface area contributed by atoms with E-state index in [1.54, 1.807) is 0 Å². The number of amides is 1. The van der Waals surface area contributed by atoms with Gasteiger partial charge in [0.15, 0.2) is 0 Å². The minimum absolute atomic E-state index is 0.0976. The molecule has 3 rings (SSSR count). The van der Waals surface area contributed by atoms with Gasteiger partial charge in [0, 0.05) is 23.7 Å². The summed E-state index contributed by atoms with van der Waals surface area (Å²) in [5.74, 6) is 0. The predicted molar refractivity (Wildman–Crippen MR) is 111 cm³/mol. The van der Waals surface area contributed by atoms with E-state index in [4.69, 9.17) is 9.47 Å². The summed E-state index contributed by atoms with van der Waals surface area (Å²) in [4.78, 5) is 19.5. The van der Waals surface area contributed by atoms with Crippen LogP contribution in [0.2, 0.25) is 0 Å². The number of carbonyl (C=O) groups excluding carboxylic acids is 1. The highest BCUT2D eigenvalue weighted by Gasteiger charge is 2.34. The lowest BCUT2D eigenvalue weighted by molar-refractivity contribution is -0.0691. The van der Waals surface area contributed by atoms with Gasteiger partial charge < -0.3 is 14.4 Å². The summed E-state index contributed by atoms with van der Waals surface area (Å²) in [5, 5.41) is 1.08. The number of nitrogens with zero attached hydrogens (tertiary/aromatic N) is 2. The standard InChI is InChI=1S/C23H32N2O3/c1-15-7-9-19-13-18(8-10-21(19)24-15)14-25(22(26)28-23(4,5)6)20-11-16(2)27-17(3)12-20/h7-10,13,16-17,20H,11-12,14H2,1-6H3. The van der Waals surface area contributed by atoms with Gasteiger partial charge in [-0.1, -0.05) is 12.1 Å². The lowest BCUT2D eigenvalue weighted by Crippen LogP contribution is -2.48. The predicted octanol–water partition coefficient (Wildman–Crippen LogP) is 5.24. The third-order valence-electron chi connectivity index (χ3n) is 4.99. The van der Waals surface area contributed by atoms with Crippen molar-refractivity contribution in [1.82, 2.24) is 9.88 Å². The SMILES string of the molecule is Cc1ccc2cc(CN(C(=O)OC(C)(C)C)C3CC(C)OC(C)C3)ccc2n1. The molecule has 2 unspecified atom stereocenters. The maximum atomic E-state index is 13.0. The molecule has 1 saturated heterocycles.